The van der Waals surface area contributed by atoms with Gasteiger partial charge in [-0.15, -0.1) is 0 Å². The van der Waals surface area contributed by atoms with Crippen molar-refractivity contribution in [2.24, 2.45) is 0 Å². The van der Waals surface area contributed by atoms with Gasteiger partial charge in [-0.2, -0.15) is 0 Å². The van der Waals surface area contributed by atoms with Gasteiger partial charge in [-0.05, 0) is 24.1 Å². The molecule has 0 radical (unpaired) electrons. The number of hydrogen-bond donors (Lipinski definition) is 3. The lowest BCUT2D eigenvalue weighted by Crippen LogP contribution is -2.37. The molecular weight excluding hydrogens is 220 g/mol. The van der Waals surface area contributed by atoms with Crippen LogP contribution in [-0.2, 0) is 16.2 Å². The topological polar surface area (TPSA) is 78.4 Å². The molecule has 0 saturated carbocycles. The number of nitrogens with one attached hydrogen (secondary N) is 2. The maximum atomic E-state index is 11.8. The number of carbonyl (C=O) groups excluding carboxylic acids is 2. The molecule has 2 rings (SSSR count). The first kappa shape index (κ1) is 11.6. The minimum Gasteiger partial charge on any atom is -0.392 e. The van der Waals surface area contributed by atoms with E-state index in [1.807, 2.05) is 0 Å². The Labute approximate surface area is 98.8 Å². The quantitative estimate of drug-likeness (QED) is 0.708. The van der Waals surface area contributed by atoms with E-state index in [9.17, 15) is 9.59 Å². The van der Waals surface area contributed by atoms with Crippen molar-refractivity contribution in [3.05, 3.63) is 29.8 Å². The summed E-state index contributed by atoms with van der Waals surface area (Å²) in [6.45, 7) is -0.0656. The molecule has 0 unspecified atom stereocenters. The smallest absolute Gasteiger partial charge is 0.246 e. The molecule has 0 bridgehead atoms. The van der Waals surface area contributed by atoms with Crippen LogP contribution in [0, 0.1) is 0 Å². The summed E-state index contributed by atoms with van der Waals surface area (Å²) in [5.41, 5.74) is 1.36. The van der Waals surface area contributed by atoms with Crippen LogP contribution >= 0.6 is 0 Å². The van der Waals surface area contributed by atoms with Crippen molar-refractivity contribution in [3.63, 3.8) is 0 Å². The highest BCUT2D eigenvalue weighted by molar-refractivity contribution is 5.98. The molecule has 0 aliphatic carbocycles. The summed E-state index contributed by atoms with van der Waals surface area (Å²) in [4.78, 5) is 22.8. The van der Waals surface area contributed by atoms with Crippen molar-refractivity contribution in [2.75, 3.05) is 5.32 Å². The molecule has 17 heavy (non-hydrogen) atoms. The molecule has 1 saturated heterocycles. The van der Waals surface area contributed by atoms with Gasteiger partial charge in [0.2, 0.25) is 11.8 Å². The number of aliphatic hydroxyl groups is 1. The van der Waals surface area contributed by atoms with E-state index in [0.717, 1.165) is 5.56 Å². The lowest BCUT2D eigenvalue weighted by Gasteiger charge is -2.11. The Kier molecular flexibility index (Phi) is 3.39. The van der Waals surface area contributed by atoms with Crippen LogP contribution in [0.4, 0.5) is 5.69 Å². The van der Waals surface area contributed by atoms with Crippen molar-refractivity contribution in [3.8, 4) is 0 Å². The Morgan fingerprint density at radius 3 is 3.00 bits per heavy atom. The number of carbonyl (C=O) groups is 2. The fraction of sp³-hybridized carbons (Fsp3) is 0.333. The van der Waals surface area contributed by atoms with Gasteiger partial charge < -0.3 is 15.7 Å². The molecule has 90 valence electrons. The summed E-state index contributed by atoms with van der Waals surface area (Å²) >= 11 is 0. The Morgan fingerprint density at radius 2 is 2.35 bits per heavy atom. The number of aliphatic hydroxyl groups excluding tert-OH is 1. The first-order valence-electron chi connectivity index (χ1n) is 5.49. The molecule has 0 aromatic heterocycles. The molecular formula is C12H14N2O3. The van der Waals surface area contributed by atoms with Gasteiger partial charge in [-0.25, -0.2) is 0 Å². The molecule has 5 nitrogen and oxygen atoms in total. The van der Waals surface area contributed by atoms with Gasteiger partial charge in [0.15, 0.2) is 0 Å². The summed E-state index contributed by atoms with van der Waals surface area (Å²) < 4.78 is 0. The first-order chi connectivity index (χ1) is 8.19. The van der Waals surface area contributed by atoms with Crippen LogP contribution in [0.3, 0.4) is 0 Å². The fourth-order valence-corrected chi connectivity index (χ4v) is 1.79. The molecule has 1 fully saturated rings. The Balaban J connectivity index is 2.00. The van der Waals surface area contributed by atoms with Crippen LogP contribution < -0.4 is 10.6 Å². The second kappa shape index (κ2) is 4.97. The molecule has 2 amide bonds. The predicted molar refractivity (Wildman–Crippen MR) is 62.2 cm³/mol. The van der Waals surface area contributed by atoms with E-state index in [-0.39, 0.29) is 18.4 Å². The predicted octanol–water partition coefficient (Wildman–Crippen LogP) is 0.396. The minimum atomic E-state index is -0.444. The standard InChI is InChI=1S/C12H14N2O3/c15-7-8-2-1-3-9(6-8)13-12(17)10-4-5-11(16)14-10/h1-3,6,10,15H,4-5,7H2,(H,13,17)(H,14,16)/t10-/m0/s1. The van der Waals surface area contributed by atoms with Crippen LogP contribution in [0.15, 0.2) is 24.3 Å². The molecule has 1 heterocycles. The van der Waals surface area contributed by atoms with E-state index >= 15 is 0 Å². The zero-order valence-electron chi connectivity index (χ0n) is 9.27. The van der Waals surface area contributed by atoms with Crippen molar-refractivity contribution >= 4 is 17.5 Å². The zero-order valence-corrected chi connectivity index (χ0v) is 9.27. The van der Waals surface area contributed by atoms with Crippen molar-refractivity contribution in [1.82, 2.24) is 5.32 Å². The molecule has 1 atom stereocenters. The summed E-state index contributed by atoms with van der Waals surface area (Å²) in [6, 6.07) is 6.53. The van der Waals surface area contributed by atoms with E-state index < -0.39 is 6.04 Å². The van der Waals surface area contributed by atoms with Crippen LogP contribution in [-0.4, -0.2) is 23.0 Å². The van der Waals surface area contributed by atoms with E-state index in [2.05, 4.69) is 10.6 Å². The third-order valence-electron chi connectivity index (χ3n) is 2.69. The summed E-state index contributed by atoms with van der Waals surface area (Å²) in [5.74, 6) is -0.305. The monoisotopic (exact) mass is 234 g/mol. The van der Waals surface area contributed by atoms with Crippen LogP contribution in [0.2, 0.25) is 0 Å². The first-order valence-corrected chi connectivity index (χ1v) is 5.49. The third kappa shape index (κ3) is 2.82. The Morgan fingerprint density at radius 1 is 1.53 bits per heavy atom. The molecule has 1 aliphatic rings. The highest BCUT2D eigenvalue weighted by Gasteiger charge is 2.26. The molecule has 1 aromatic carbocycles. The van der Waals surface area contributed by atoms with Gasteiger partial charge in [0.1, 0.15) is 6.04 Å². The Hall–Kier alpha value is -1.88. The van der Waals surface area contributed by atoms with Gasteiger partial charge in [0.25, 0.3) is 0 Å². The summed E-state index contributed by atoms with van der Waals surface area (Å²) in [5, 5.41) is 14.3. The normalized spacial score (nSPS) is 18.9. The van der Waals surface area contributed by atoms with Gasteiger partial charge in [-0.1, -0.05) is 12.1 Å². The third-order valence-corrected chi connectivity index (χ3v) is 2.69. The van der Waals surface area contributed by atoms with Gasteiger partial charge >= 0.3 is 0 Å². The van der Waals surface area contributed by atoms with E-state index in [4.69, 9.17) is 5.11 Å². The fourth-order valence-electron chi connectivity index (χ4n) is 1.79. The summed E-state index contributed by atoms with van der Waals surface area (Å²) in [6.07, 6.45) is 0.930. The maximum absolute atomic E-state index is 11.8. The summed E-state index contributed by atoms with van der Waals surface area (Å²) in [7, 11) is 0. The highest BCUT2D eigenvalue weighted by Crippen LogP contribution is 2.13. The highest BCUT2D eigenvalue weighted by atomic mass is 16.3. The molecule has 3 N–H and O–H groups in total. The van der Waals surface area contributed by atoms with Crippen molar-refractivity contribution < 1.29 is 14.7 Å². The number of amides is 2. The maximum Gasteiger partial charge on any atom is 0.246 e. The van der Waals surface area contributed by atoms with E-state index in [1.54, 1.807) is 24.3 Å². The molecule has 5 heteroatoms. The largest absolute Gasteiger partial charge is 0.392 e. The number of benzene rings is 1. The van der Waals surface area contributed by atoms with Gasteiger partial charge in [-0.3, -0.25) is 9.59 Å². The Bertz CT molecular complexity index is 445. The second-order valence-corrected chi connectivity index (χ2v) is 4.01. The second-order valence-electron chi connectivity index (χ2n) is 4.01. The zero-order chi connectivity index (χ0) is 12.3. The van der Waals surface area contributed by atoms with Crippen LogP contribution in [0.5, 0.6) is 0 Å². The van der Waals surface area contributed by atoms with Crippen LogP contribution in [0.25, 0.3) is 0 Å². The minimum absolute atomic E-state index is 0.0656. The van der Waals surface area contributed by atoms with Gasteiger partial charge in [0, 0.05) is 12.1 Å². The van der Waals surface area contributed by atoms with E-state index in [0.29, 0.717) is 18.5 Å². The van der Waals surface area contributed by atoms with Crippen molar-refractivity contribution in [2.45, 2.75) is 25.5 Å². The van der Waals surface area contributed by atoms with Crippen LogP contribution in [0.1, 0.15) is 18.4 Å². The molecule has 1 aliphatic heterocycles. The van der Waals surface area contributed by atoms with Gasteiger partial charge in [0.05, 0.1) is 6.61 Å². The average Bonchev–Trinajstić information content (AvgIpc) is 2.76. The molecule has 0 spiro atoms. The molecule has 1 aromatic rings. The number of anilines is 1. The SMILES string of the molecule is O=C1CC[C@@H](C(=O)Nc2cccc(CO)c2)N1. The van der Waals surface area contributed by atoms with Crippen molar-refractivity contribution in [1.29, 1.82) is 0 Å². The number of hydrogen-bond acceptors (Lipinski definition) is 3. The average molecular weight is 234 g/mol. The lowest BCUT2D eigenvalue weighted by molar-refractivity contribution is -0.122. The van der Waals surface area contributed by atoms with E-state index in [1.165, 1.54) is 0 Å². The number of rotatable bonds is 3. The lowest BCUT2D eigenvalue weighted by atomic mass is 10.2.